The predicted molar refractivity (Wildman–Crippen MR) is 109 cm³/mol. The molecule has 5 atom stereocenters. The van der Waals surface area contributed by atoms with E-state index in [9.17, 15) is 9.90 Å². The van der Waals surface area contributed by atoms with Crippen LogP contribution in [-0.2, 0) is 30.0 Å². The van der Waals surface area contributed by atoms with E-state index in [0.29, 0.717) is 6.61 Å². The van der Waals surface area contributed by atoms with Crippen molar-refractivity contribution in [1.82, 2.24) is 0 Å². The molecule has 0 bridgehead atoms. The highest BCUT2D eigenvalue weighted by atomic mass is 28.4. The van der Waals surface area contributed by atoms with Crippen LogP contribution < -0.4 is 0 Å². The number of hydrogen-bond acceptors (Lipinski definition) is 6. The molecule has 2 rings (SSSR count). The molecular weight excluding hydrogens is 376 g/mol. The molecule has 1 N–H and O–H groups in total. The van der Waals surface area contributed by atoms with E-state index in [0.717, 1.165) is 5.56 Å². The lowest BCUT2D eigenvalue weighted by Gasteiger charge is -2.47. The molecule has 0 amide bonds. The second-order valence-electron chi connectivity index (χ2n) is 8.91. The Bertz CT molecular complexity index is 642. The molecule has 0 saturated carbocycles. The van der Waals surface area contributed by atoms with E-state index in [4.69, 9.17) is 18.6 Å². The summed E-state index contributed by atoms with van der Waals surface area (Å²) >= 11 is 0. The minimum Gasteiger partial charge on any atom is -0.457 e. The number of benzene rings is 1. The van der Waals surface area contributed by atoms with Gasteiger partial charge < -0.3 is 23.7 Å². The molecule has 0 aliphatic carbocycles. The van der Waals surface area contributed by atoms with Crippen molar-refractivity contribution < 1.29 is 28.5 Å². The van der Waals surface area contributed by atoms with Crippen LogP contribution in [0.2, 0.25) is 18.1 Å². The highest BCUT2D eigenvalue weighted by Gasteiger charge is 2.51. The highest BCUT2D eigenvalue weighted by Crippen LogP contribution is 2.40. The summed E-state index contributed by atoms with van der Waals surface area (Å²) < 4.78 is 23.8. The molecular formula is C21H34O6Si. The number of aliphatic hydroxyl groups excluding tert-OH is 1. The molecule has 1 aromatic rings. The van der Waals surface area contributed by atoms with E-state index in [1.807, 2.05) is 30.3 Å². The quantitative estimate of drug-likeness (QED) is 0.570. The minimum absolute atomic E-state index is 0.0588. The van der Waals surface area contributed by atoms with Crippen molar-refractivity contribution in [1.29, 1.82) is 0 Å². The van der Waals surface area contributed by atoms with Gasteiger partial charge in [-0.15, -0.1) is 0 Å². The number of hydrogen-bond donors (Lipinski definition) is 1. The lowest BCUT2D eigenvalue weighted by Crippen LogP contribution is -2.62. The van der Waals surface area contributed by atoms with Crippen molar-refractivity contribution in [3.05, 3.63) is 35.9 Å². The van der Waals surface area contributed by atoms with Gasteiger partial charge in [0, 0.05) is 6.92 Å². The number of carbonyl (C=O) groups is 1. The van der Waals surface area contributed by atoms with Gasteiger partial charge in [0.2, 0.25) is 0 Å². The van der Waals surface area contributed by atoms with E-state index >= 15 is 0 Å². The summed E-state index contributed by atoms with van der Waals surface area (Å²) in [6.07, 6.45) is -3.72. The maximum absolute atomic E-state index is 11.7. The number of rotatable bonds is 6. The Morgan fingerprint density at radius 2 is 1.75 bits per heavy atom. The molecule has 2 unspecified atom stereocenters. The van der Waals surface area contributed by atoms with E-state index in [1.54, 1.807) is 6.92 Å². The normalized spacial score (nSPS) is 28.8. The maximum Gasteiger partial charge on any atom is 0.303 e. The number of aliphatic hydroxyl groups is 1. The fourth-order valence-corrected chi connectivity index (χ4v) is 4.23. The molecule has 6 nitrogen and oxygen atoms in total. The van der Waals surface area contributed by atoms with Crippen molar-refractivity contribution in [2.45, 2.75) is 90.1 Å². The zero-order valence-corrected chi connectivity index (χ0v) is 19.0. The maximum atomic E-state index is 11.7. The first-order chi connectivity index (χ1) is 12.9. The summed E-state index contributed by atoms with van der Waals surface area (Å²) in [5.74, 6) is -0.420. The molecule has 7 heteroatoms. The predicted octanol–water partition coefficient (Wildman–Crippen LogP) is 3.63. The number of ether oxygens (including phenoxy) is 3. The van der Waals surface area contributed by atoms with Gasteiger partial charge in [-0.2, -0.15) is 0 Å². The van der Waals surface area contributed by atoms with Crippen LogP contribution in [0, 0.1) is 0 Å². The van der Waals surface area contributed by atoms with Gasteiger partial charge in [-0.1, -0.05) is 51.1 Å². The molecule has 28 heavy (non-hydrogen) atoms. The van der Waals surface area contributed by atoms with Gasteiger partial charge >= 0.3 is 5.97 Å². The second-order valence-corrected chi connectivity index (χ2v) is 13.7. The average molecular weight is 411 g/mol. The standard InChI is InChI=1S/C21H34O6Si/c1-14-17(26-15(2)22)18(24-13-16-11-9-8-10-12-16)19(20(23)25-14)27-28(6,7)21(3,4)5/h8-12,14,17-20,23H,13H2,1-7H3/t14-,17+,18?,19?,20-/m1/s1. The van der Waals surface area contributed by atoms with Crippen LogP contribution >= 0.6 is 0 Å². The number of carbonyl (C=O) groups excluding carboxylic acids is 1. The van der Waals surface area contributed by atoms with Gasteiger partial charge in [-0.05, 0) is 30.6 Å². The van der Waals surface area contributed by atoms with Gasteiger partial charge in [0.05, 0.1) is 12.7 Å². The molecule has 1 aromatic carbocycles. The Morgan fingerprint density at radius 3 is 2.29 bits per heavy atom. The molecule has 0 aromatic heterocycles. The third-order valence-corrected chi connectivity index (χ3v) is 10.0. The Kier molecular flexibility index (Phi) is 7.44. The van der Waals surface area contributed by atoms with Crippen molar-refractivity contribution in [3.8, 4) is 0 Å². The van der Waals surface area contributed by atoms with E-state index in [-0.39, 0.29) is 5.04 Å². The van der Waals surface area contributed by atoms with Crippen LogP contribution in [0.15, 0.2) is 30.3 Å². The lowest BCUT2D eigenvalue weighted by molar-refractivity contribution is -0.287. The van der Waals surface area contributed by atoms with Gasteiger partial charge in [-0.3, -0.25) is 4.79 Å². The molecule has 1 aliphatic heterocycles. The van der Waals surface area contributed by atoms with E-state index in [1.165, 1.54) is 6.92 Å². The van der Waals surface area contributed by atoms with Crippen LogP contribution in [0.4, 0.5) is 0 Å². The molecule has 158 valence electrons. The Balaban J connectivity index is 2.29. The fourth-order valence-electron chi connectivity index (χ4n) is 2.94. The zero-order valence-electron chi connectivity index (χ0n) is 18.0. The van der Waals surface area contributed by atoms with Gasteiger partial charge in [0.1, 0.15) is 12.2 Å². The first kappa shape index (κ1) is 23.0. The Labute approximate surface area is 169 Å². The van der Waals surface area contributed by atoms with Crippen LogP contribution in [-0.4, -0.2) is 50.1 Å². The van der Waals surface area contributed by atoms with Crippen molar-refractivity contribution >= 4 is 14.3 Å². The summed E-state index contributed by atoms with van der Waals surface area (Å²) in [5.41, 5.74) is 0.990. The third-order valence-electron chi connectivity index (χ3n) is 5.57. The smallest absolute Gasteiger partial charge is 0.303 e. The minimum atomic E-state index is -2.24. The summed E-state index contributed by atoms with van der Waals surface area (Å²) in [6.45, 7) is 14.0. The molecule has 0 radical (unpaired) electrons. The van der Waals surface area contributed by atoms with Crippen LogP contribution in [0.1, 0.15) is 40.2 Å². The van der Waals surface area contributed by atoms with Gasteiger partial charge in [0.15, 0.2) is 20.7 Å². The van der Waals surface area contributed by atoms with E-state index in [2.05, 4.69) is 33.9 Å². The molecule has 1 heterocycles. The van der Waals surface area contributed by atoms with Crippen LogP contribution in [0.25, 0.3) is 0 Å². The first-order valence-electron chi connectivity index (χ1n) is 9.76. The third kappa shape index (κ3) is 5.64. The van der Waals surface area contributed by atoms with Gasteiger partial charge in [0.25, 0.3) is 0 Å². The first-order valence-corrected chi connectivity index (χ1v) is 12.7. The average Bonchev–Trinajstić information content (AvgIpc) is 2.58. The zero-order chi connectivity index (χ0) is 21.1. The number of esters is 1. The SMILES string of the molecule is CC(=O)O[C@@H]1C(OCc2ccccc2)C(O[Si](C)(C)C(C)(C)C)[C@H](O)O[C@@H]1C. The van der Waals surface area contributed by atoms with Crippen molar-refractivity contribution in [2.24, 2.45) is 0 Å². The molecule has 1 aliphatic rings. The summed E-state index contributed by atoms with van der Waals surface area (Å²) in [7, 11) is -2.24. The topological polar surface area (TPSA) is 74.2 Å². The highest BCUT2D eigenvalue weighted by molar-refractivity contribution is 6.74. The lowest BCUT2D eigenvalue weighted by atomic mass is 9.99. The van der Waals surface area contributed by atoms with Gasteiger partial charge in [-0.25, -0.2) is 0 Å². The Hall–Kier alpha value is -1.25. The molecule has 0 spiro atoms. The summed E-state index contributed by atoms with van der Waals surface area (Å²) in [6, 6.07) is 9.74. The van der Waals surface area contributed by atoms with Crippen LogP contribution in [0.5, 0.6) is 0 Å². The van der Waals surface area contributed by atoms with E-state index < -0.39 is 45.0 Å². The van der Waals surface area contributed by atoms with Crippen LogP contribution in [0.3, 0.4) is 0 Å². The second kappa shape index (κ2) is 9.05. The fraction of sp³-hybridized carbons (Fsp3) is 0.667. The Morgan fingerprint density at radius 1 is 1.14 bits per heavy atom. The van der Waals surface area contributed by atoms with Crippen molar-refractivity contribution in [3.63, 3.8) is 0 Å². The summed E-state index contributed by atoms with van der Waals surface area (Å²) in [4.78, 5) is 11.7. The molecule has 1 saturated heterocycles. The monoisotopic (exact) mass is 410 g/mol. The van der Waals surface area contributed by atoms with Crippen molar-refractivity contribution in [2.75, 3.05) is 0 Å². The summed E-state index contributed by atoms with van der Waals surface area (Å²) in [5, 5.41) is 10.6. The molecule has 1 fully saturated rings. The largest absolute Gasteiger partial charge is 0.457 e.